The van der Waals surface area contributed by atoms with Crippen molar-refractivity contribution in [3.05, 3.63) is 23.6 Å². The van der Waals surface area contributed by atoms with E-state index in [0.717, 1.165) is 11.4 Å². The Balaban J connectivity index is 2.19. The number of nitrogens with one attached hydrogen (secondary N) is 1. The molecule has 0 atom stereocenters. The standard InChI is InChI=1S/C14H22FN3/c1-16-9-11-8-12(15)10-17-14(11)18(2)13-6-4-3-5-7-13/h8,10,13,16H,3-7,9H2,1-2H3. The first-order valence-electron chi connectivity index (χ1n) is 6.74. The number of hydrogen-bond donors (Lipinski definition) is 1. The van der Waals surface area contributed by atoms with Gasteiger partial charge in [0.05, 0.1) is 6.20 Å². The topological polar surface area (TPSA) is 28.2 Å². The van der Waals surface area contributed by atoms with E-state index in [2.05, 4.69) is 22.2 Å². The van der Waals surface area contributed by atoms with Crippen molar-refractivity contribution >= 4 is 5.82 Å². The van der Waals surface area contributed by atoms with E-state index in [1.54, 1.807) is 6.07 Å². The molecule has 0 unspecified atom stereocenters. The monoisotopic (exact) mass is 251 g/mol. The Labute approximate surface area is 108 Å². The summed E-state index contributed by atoms with van der Waals surface area (Å²) in [6.45, 7) is 0.650. The molecule has 3 nitrogen and oxygen atoms in total. The van der Waals surface area contributed by atoms with E-state index in [1.807, 2.05) is 7.05 Å². The van der Waals surface area contributed by atoms with Crippen molar-refractivity contribution in [3.8, 4) is 0 Å². The number of hydrogen-bond acceptors (Lipinski definition) is 3. The first kappa shape index (κ1) is 13.3. The summed E-state index contributed by atoms with van der Waals surface area (Å²) in [5.41, 5.74) is 0.936. The molecule has 0 spiro atoms. The van der Waals surface area contributed by atoms with Crippen molar-refractivity contribution in [1.29, 1.82) is 0 Å². The zero-order valence-corrected chi connectivity index (χ0v) is 11.2. The van der Waals surface area contributed by atoms with Gasteiger partial charge >= 0.3 is 0 Å². The lowest BCUT2D eigenvalue weighted by Gasteiger charge is -2.33. The summed E-state index contributed by atoms with van der Waals surface area (Å²) in [5, 5.41) is 3.08. The molecule has 0 bridgehead atoms. The summed E-state index contributed by atoms with van der Waals surface area (Å²) in [7, 11) is 3.95. The van der Waals surface area contributed by atoms with Crippen molar-refractivity contribution in [2.24, 2.45) is 0 Å². The van der Waals surface area contributed by atoms with E-state index in [4.69, 9.17) is 0 Å². The van der Waals surface area contributed by atoms with Gasteiger partial charge in [0, 0.05) is 25.2 Å². The lowest BCUT2D eigenvalue weighted by molar-refractivity contribution is 0.425. The normalized spacial score (nSPS) is 16.8. The highest BCUT2D eigenvalue weighted by atomic mass is 19.1. The Morgan fingerprint density at radius 1 is 1.39 bits per heavy atom. The minimum absolute atomic E-state index is 0.263. The summed E-state index contributed by atoms with van der Waals surface area (Å²) >= 11 is 0. The minimum Gasteiger partial charge on any atom is -0.356 e. The molecule has 1 N–H and O–H groups in total. The summed E-state index contributed by atoms with van der Waals surface area (Å²) in [6.07, 6.45) is 7.66. The molecule has 0 radical (unpaired) electrons. The Kier molecular flexibility index (Phi) is 4.53. The fourth-order valence-corrected chi connectivity index (χ4v) is 2.75. The first-order valence-corrected chi connectivity index (χ1v) is 6.74. The molecule has 1 saturated carbocycles. The molecule has 1 aromatic heterocycles. The number of halogens is 1. The lowest BCUT2D eigenvalue weighted by Crippen LogP contribution is -2.35. The van der Waals surface area contributed by atoms with Crippen molar-refractivity contribution in [2.45, 2.75) is 44.7 Å². The fourth-order valence-electron chi connectivity index (χ4n) is 2.75. The molecular formula is C14H22FN3. The van der Waals surface area contributed by atoms with Crippen LogP contribution in [0.15, 0.2) is 12.3 Å². The van der Waals surface area contributed by atoms with E-state index in [0.29, 0.717) is 12.6 Å². The van der Waals surface area contributed by atoms with Gasteiger partial charge in [-0.1, -0.05) is 19.3 Å². The molecule has 0 amide bonds. The van der Waals surface area contributed by atoms with Crippen LogP contribution >= 0.6 is 0 Å². The van der Waals surface area contributed by atoms with Gasteiger partial charge in [-0.2, -0.15) is 0 Å². The van der Waals surface area contributed by atoms with E-state index < -0.39 is 0 Å². The Bertz CT molecular complexity index is 389. The van der Waals surface area contributed by atoms with Crippen LogP contribution in [0.4, 0.5) is 10.2 Å². The van der Waals surface area contributed by atoms with Gasteiger partial charge in [-0.05, 0) is 26.0 Å². The SMILES string of the molecule is CNCc1cc(F)cnc1N(C)C1CCCCC1. The zero-order valence-electron chi connectivity index (χ0n) is 11.2. The van der Waals surface area contributed by atoms with Gasteiger partial charge in [-0.25, -0.2) is 9.37 Å². The predicted octanol–water partition coefficient (Wildman–Crippen LogP) is 2.71. The summed E-state index contributed by atoms with van der Waals surface area (Å²) < 4.78 is 13.3. The highest BCUT2D eigenvalue weighted by molar-refractivity contribution is 5.47. The van der Waals surface area contributed by atoms with Crippen LogP contribution in [0.1, 0.15) is 37.7 Å². The van der Waals surface area contributed by atoms with Gasteiger partial charge in [0.15, 0.2) is 0 Å². The highest BCUT2D eigenvalue weighted by Gasteiger charge is 2.21. The van der Waals surface area contributed by atoms with Gasteiger partial charge in [-0.3, -0.25) is 0 Å². The van der Waals surface area contributed by atoms with Crippen LogP contribution in [0, 0.1) is 5.82 Å². The number of nitrogens with zero attached hydrogens (tertiary/aromatic N) is 2. The van der Waals surface area contributed by atoms with E-state index >= 15 is 0 Å². The molecule has 1 heterocycles. The fraction of sp³-hybridized carbons (Fsp3) is 0.643. The van der Waals surface area contributed by atoms with Crippen molar-refractivity contribution < 1.29 is 4.39 Å². The molecule has 1 aliphatic rings. The summed E-state index contributed by atoms with van der Waals surface area (Å²) in [4.78, 5) is 6.51. The van der Waals surface area contributed by atoms with Gasteiger partial charge in [0.25, 0.3) is 0 Å². The second-order valence-corrected chi connectivity index (χ2v) is 5.07. The third-order valence-electron chi connectivity index (χ3n) is 3.73. The van der Waals surface area contributed by atoms with Crippen LogP contribution < -0.4 is 10.2 Å². The zero-order chi connectivity index (χ0) is 13.0. The van der Waals surface area contributed by atoms with Gasteiger partial charge in [0.1, 0.15) is 11.6 Å². The largest absolute Gasteiger partial charge is 0.356 e. The number of pyridine rings is 1. The van der Waals surface area contributed by atoms with Crippen molar-refractivity contribution in [3.63, 3.8) is 0 Å². The maximum Gasteiger partial charge on any atom is 0.141 e. The predicted molar refractivity (Wildman–Crippen MR) is 72.2 cm³/mol. The number of anilines is 1. The molecule has 0 aliphatic heterocycles. The van der Waals surface area contributed by atoms with Crippen molar-refractivity contribution in [2.75, 3.05) is 19.0 Å². The molecule has 4 heteroatoms. The molecule has 1 aromatic rings. The molecular weight excluding hydrogens is 229 g/mol. The van der Waals surface area contributed by atoms with Gasteiger partial charge in [0.2, 0.25) is 0 Å². The Hall–Kier alpha value is -1.16. The minimum atomic E-state index is -0.263. The molecule has 0 saturated heterocycles. The average Bonchev–Trinajstić information content (AvgIpc) is 2.40. The molecule has 1 aliphatic carbocycles. The maximum absolute atomic E-state index is 13.3. The molecule has 100 valence electrons. The number of rotatable bonds is 4. The molecule has 2 rings (SSSR count). The smallest absolute Gasteiger partial charge is 0.141 e. The van der Waals surface area contributed by atoms with Crippen molar-refractivity contribution in [1.82, 2.24) is 10.3 Å². The van der Waals surface area contributed by atoms with E-state index in [1.165, 1.54) is 38.3 Å². The Morgan fingerprint density at radius 2 is 2.11 bits per heavy atom. The lowest BCUT2D eigenvalue weighted by atomic mass is 9.94. The maximum atomic E-state index is 13.3. The second-order valence-electron chi connectivity index (χ2n) is 5.07. The van der Waals surface area contributed by atoms with Gasteiger partial charge in [-0.15, -0.1) is 0 Å². The average molecular weight is 251 g/mol. The van der Waals surface area contributed by atoms with Crippen LogP contribution in [0.2, 0.25) is 0 Å². The molecule has 18 heavy (non-hydrogen) atoms. The van der Waals surface area contributed by atoms with Crippen LogP contribution in [0.25, 0.3) is 0 Å². The van der Waals surface area contributed by atoms with E-state index in [9.17, 15) is 4.39 Å². The number of aromatic nitrogens is 1. The quantitative estimate of drug-likeness (QED) is 0.892. The second kappa shape index (κ2) is 6.14. The van der Waals surface area contributed by atoms with Crippen LogP contribution in [-0.2, 0) is 6.54 Å². The molecule has 1 fully saturated rings. The van der Waals surface area contributed by atoms with Crippen LogP contribution in [0.3, 0.4) is 0 Å². The third-order valence-corrected chi connectivity index (χ3v) is 3.73. The van der Waals surface area contributed by atoms with E-state index in [-0.39, 0.29) is 5.82 Å². The molecule has 0 aromatic carbocycles. The van der Waals surface area contributed by atoms with Gasteiger partial charge < -0.3 is 10.2 Å². The third kappa shape index (κ3) is 2.99. The summed E-state index contributed by atoms with van der Waals surface area (Å²) in [5.74, 6) is 0.652. The highest BCUT2D eigenvalue weighted by Crippen LogP contribution is 2.27. The first-order chi connectivity index (χ1) is 8.72. The van der Waals surface area contributed by atoms with Crippen LogP contribution in [-0.4, -0.2) is 25.1 Å². The summed E-state index contributed by atoms with van der Waals surface area (Å²) in [6, 6.07) is 2.13. The Morgan fingerprint density at radius 3 is 2.78 bits per heavy atom. The van der Waals surface area contributed by atoms with Crippen LogP contribution in [0.5, 0.6) is 0 Å².